The molecular formula is C29H24ClFN2O5S2. The lowest BCUT2D eigenvalue weighted by atomic mass is 10.0. The Hall–Kier alpha value is -3.73. The predicted octanol–water partition coefficient (Wildman–Crippen LogP) is 5.24. The molecule has 3 heterocycles. The molecule has 0 unspecified atom stereocenters. The molecule has 2 aromatic carbocycles. The van der Waals surface area contributed by atoms with E-state index in [4.69, 9.17) is 25.8 Å². The zero-order valence-corrected chi connectivity index (χ0v) is 24.2. The number of thiophene rings is 1. The Balaban J connectivity index is 1.54. The Kier molecular flexibility index (Phi) is 8.20. The van der Waals surface area contributed by atoms with Crippen molar-refractivity contribution in [3.05, 3.63) is 112 Å². The number of nitrogens with zero attached hydrogens (tertiary/aromatic N) is 2. The molecule has 7 nitrogen and oxygen atoms in total. The molecule has 11 heteroatoms. The topological polar surface area (TPSA) is 79.1 Å². The molecule has 1 aliphatic rings. The van der Waals surface area contributed by atoms with Crippen LogP contribution in [0.2, 0.25) is 5.02 Å². The van der Waals surface area contributed by atoms with Crippen molar-refractivity contribution in [1.82, 2.24) is 4.57 Å². The van der Waals surface area contributed by atoms with Crippen LogP contribution in [0.5, 0.6) is 11.5 Å². The summed E-state index contributed by atoms with van der Waals surface area (Å²) in [7, 11) is 1.49. The number of methoxy groups -OCH3 is 1. The second kappa shape index (κ2) is 11.8. The molecule has 2 aromatic heterocycles. The van der Waals surface area contributed by atoms with Crippen LogP contribution in [-0.4, -0.2) is 24.3 Å². The third-order valence-electron chi connectivity index (χ3n) is 6.18. The number of rotatable bonds is 8. The van der Waals surface area contributed by atoms with Crippen LogP contribution < -0.4 is 24.4 Å². The summed E-state index contributed by atoms with van der Waals surface area (Å²) in [6.07, 6.45) is 1.71. The third kappa shape index (κ3) is 5.47. The van der Waals surface area contributed by atoms with Gasteiger partial charge in [-0.3, -0.25) is 9.36 Å². The number of benzene rings is 2. The van der Waals surface area contributed by atoms with Crippen LogP contribution in [0, 0.1) is 5.82 Å². The first-order chi connectivity index (χ1) is 19.3. The molecule has 40 heavy (non-hydrogen) atoms. The van der Waals surface area contributed by atoms with Crippen LogP contribution in [0.4, 0.5) is 4.39 Å². The summed E-state index contributed by atoms with van der Waals surface area (Å²) in [5.74, 6) is -0.114. The number of hydrogen-bond acceptors (Lipinski definition) is 8. The Morgan fingerprint density at radius 3 is 2.67 bits per heavy atom. The zero-order valence-electron chi connectivity index (χ0n) is 21.8. The van der Waals surface area contributed by atoms with Gasteiger partial charge in [0.2, 0.25) is 0 Å². The maximum absolute atomic E-state index is 13.7. The smallest absolute Gasteiger partial charge is 0.338 e. The van der Waals surface area contributed by atoms with E-state index in [2.05, 4.69) is 4.99 Å². The van der Waals surface area contributed by atoms with Gasteiger partial charge in [-0.25, -0.2) is 14.2 Å². The monoisotopic (exact) mass is 598 g/mol. The van der Waals surface area contributed by atoms with Gasteiger partial charge in [-0.1, -0.05) is 41.1 Å². The van der Waals surface area contributed by atoms with Crippen LogP contribution in [0.25, 0.3) is 6.08 Å². The molecule has 0 spiro atoms. The maximum Gasteiger partial charge on any atom is 0.338 e. The van der Waals surface area contributed by atoms with Gasteiger partial charge in [0.1, 0.15) is 18.5 Å². The fourth-order valence-corrected chi connectivity index (χ4v) is 6.50. The molecule has 0 saturated carbocycles. The zero-order chi connectivity index (χ0) is 28.4. The van der Waals surface area contributed by atoms with Crippen molar-refractivity contribution in [3.8, 4) is 11.5 Å². The molecular weight excluding hydrogens is 575 g/mol. The number of carbonyl (C=O) groups excluding carboxylic acids is 1. The summed E-state index contributed by atoms with van der Waals surface area (Å²) >= 11 is 9.24. The highest BCUT2D eigenvalue weighted by molar-refractivity contribution is 7.10. The molecule has 0 saturated heterocycles. The van der Waals surface area contributed by atoms with E-state index >= 15 is 0 Å². The fraction of sp³-hybridized carbons (Fsp3) is 0.207. The van der Waals surface area contributed by atoms with Gasteiger partial charge < -0.3 is 14.2 Å². The van der Waals surface area contributed by atoms with Gasteiger partial charge in [0, 0.05) is 4.88 Å². The molecule has 0 fully saturated rings. The van der Waals surface area contributed by atoms with E-state index in [0.29, 0.717) is 37.7 Å². The van der Waals surface area contributed by atoms with E-state index in [1.807, 2.05) is 17.5 Å². The first-order valence-corrected chi connectivity index (χ1v) is 14.4. The van der Waals surface area contributed by atoms with Gasteiger partial charge >= 0.3 is 5.97 Å². The van der Waals surface area contributed by atoms with Crippen molar-refractivity contribution in [1.29, 1.82) is 0 Å². The molecule has 1 aliphatic heterocycles. The lowest BCUT2D eigenvalue weighted by Crippen LogP contribution is -2.39. The SMILES string of the molecule is CCOC(=O)C1=C(C)N=c2s/c(=C\c3cc(Cl)c(OCc4ccc(F)cc4)c(OC)c3)c(=O)n2[C@H]1c1cccs1. The van der Waals surface area contributed by atoms with Gasteiger partial charge in [0.25, 0.3) is 5.56 Å². The van der Waals surface area contributed by atoms with E-state index in [9.17, 15) is 14.0 Å². The summed E-state index contributed by atoms with van der Waals surface area (Å²) in [4.78, 5) is 32.6. The minimum Gasteiger partial charge on any atom is -0.493 e. The van der Waals surface area contributed by atoms with Crippen molar-refractivity contribution >= 4 is 46.3 Å². The van der Waals surface area contributed by atoms with Crippen molar-refractivity contribution in [2.24, 2.45) is 4.99 Å². The average Bonchev–Trinajstić information content (AvgIpc) is 3.56. The van der Waals surface area contributed by atoms with Gasteiger partial charge in [0.15, 0.2) is 16.3 Å². The van der Waals surface area contributed by atoms with E-state index in [1.165, 1.54) is 41.9 Å². The summed E-state index contributed by atoms with van der Waals surface area (Å²) in [6, 6.07) is 12.5. The second-order valence-corrected chi connectivity index (χ2v) is 11.2. The highest BCUT2D eigenvalue weighted by Crippen LogP contribution is 2.37. The molecule has 1 atom stereocenters. The highest BCUT2D eigenvalue weighted by Gasteiger charge is 2.33. The number of esters is 1. The number of fused-ring (bicyclic) bond motifs is 1. The summed E-state index contributed by atoms with van der Waals surface area (Å²) in [6.45, 7) is 3.86. The van der Waals surface area contributed by atoms with Crippen molar-refractivity contribution in [2.75, 3.05) is 13.7 Å². The lowest BCUT2D eigenvalue weighted by Gasteiger charge is -2.23. The Bertz CT molecular complexity index is 1780. The molecule has 5 rings (SSSR count). The normalized spacial score (nSPS) is 15.0. The molecule has 0 amide bonds. The Labute approximate surface area is 242 Å². The van der Waals surface area contributed by atoms with Crippen LogP contribution in [-0.2, 0) is 16.1 Å². The van der Waals surface area contributed by atoms with Gasteiger partial charge in [-0.2, -0.15) is 0 Å². The Morgan fingerprint density at radius 1 is 1.23 bits per heavy atom. The van der Waals surface area contributed by atoms with Gasteiger partial charge in [-0.15, -0.1) is 11.3 Å². The minimum absolute atomic E-state index is 0.166. The van der Waals surface area contributed by atoms with Crippen molar-refractivity contribution in [3.63, 3.8) is 0 Å². The number of thiazole rings is 1. The van der Waals surface area contributed by atoms with Crippen molar-refractivity contribution < 1.29 is 23.4 Å². The van der Waals surface area contributed by atoms with Crippen LogP contribution in [0.1, 0.15) is 35.9 Å². The first kappa shape index (κ1) is 27.8. The van der Waals surface area contributed by atoms with E-state index < -0.39 is 12.0 Å². The quantitative estimate of drug-likeness (QED) is 0.259. The predicted molar refractivity (Wildman–Crippen MR) is 153 cm³/mol. The molecule has 206 valence electrons. The third-order valence-corrected chi connectivity index (χ3v) is 8.36. The molecule has 0 aliphatic carbocycles. The second-order valence-electron chi connectivity index (χ2n) is 8.77. The minimum atomic E-state index is -0.641. The lowest BCUT2D eigenvalue weighted by molar-refractivity contribution is -0.139. The highest BCUT2D eigenvalue weighted by atomic mass is 35.5. The van der Waals surface area contributed by atoms with Crippen LogP contribution in [0.15, 0.2) is 75.0 Å². The summed E-state index contributed by atoms with van der Waals surface area (Å²) in [5, 5.41) is 2.19. The largest absolute Gasteiger partial charge is 0.493 e. The average molecular weight is 599 g/mol. The van der Waals surface area contributed by atoms with Crippen LogP contribution >= 0.6 is 34.3 Å². The molecule has 0 N–H and O–H groups in total. The number of aromatic nitrogens is 1. The van der Waals surface area contributed by atoms with E-state index in [0.717, 1.165) is 10.4 Å². The van der Waals surface area contributed by atoms with Gasteiger partial charge in [-0.05, 0) is 66.8 Å². The number of carbonyl (C=O) groups is 1. The van der Waals surface area contributed by atoms with Gasteiger partial charge in [0.05, 0.1) is 34.5 Å². The standard InChI is InChI=1S/C29H24ClFN2O5S2/c1-4-37-28(35)24-16(2)32-29-33(25(24)22-6-5-11-39-22)27(34)23(40-29)14-18-12-20(30)26(21(13-18)36-3)38-15-17-7-9-19(31)10-8-17/h5-14,25H,4,15H2,1-3H3/b23-14-/t25-/m0/s1. The number of ether oxygens (including phenoxy) is 3. The van der Waals surface area contributed by atoms with E-state index in [-0.39, 0.29) is 29.6 Å². The number of allylic oxidation sites excluding steroid dienone is 1. The number of halogens is 2. The fourth-order valence-electron chi connectivity index (χ4n) is 4.36. The van der Waals surface area contributed by atoms with Crippen molar-refractivity contribution in [2.45, 2.75) is 26.5 Å². The maximum atomic E-state index is 13.7. The molecule has 0 bridgehead atoms. The number of hydrogen-bond donors (Lipinski definition) is 0. The van der Waals surface area contributed by atoms with E-state index in [1.54, 1.807) is 48.8 Å². The Morgan fingerprint density at radius 2 is 2.00 bits per heavy atom. The summed E-state index contributed by atoms with van der Waals surface area (Å²) < 4.78 is 31.9. The molecule has 4 aromatic rings. The molecule has 0 radical (unpaired) electrons. The van der Waals surface area contributed by atoms with Crippen LogP contribution in [0.3, 0.4) is 0 Å². The summed E-state index contributed by atoms with van der Waals surface area (Å²) in [5.41, 5.74) is 1.95. The first-order valence-electron chi connectivity index (χ1n) is 12.3.